The number of carbonyl (C=O) groups is 1. The van der Waals surface area contributed by atoms with Crippen molar-refractivity contribution in [3.05, 3.63) is 29.8 Å². The number of ether oxygens (including phenoxy) is 2. The third kappa shape index (κ3) is 5.63. The van der Waals surface area contributed by atoms with Gasteiger partial charge in [-0.25, -0.2) is 4.79 Å². The summed E-state index contributed by atoms with van der Waals surface area (Å²) in [7, 11) is 1.23. The Morgan fingerprint density at radius 2 is 2.05 bits per heavy atom. The number of esters is 1. The van der Waals surface area contributed by atoms with E-state index in [2.05, 4.69) is 14.8 Å². The van der Waals surface area contributed by atoms with Gasteiger partial charge in [0.2, 0.25) is 0 Å². The van der Waals surface area contributed by atoms with Gasteiger partial charge < -0.3 is 9.47 Å². The molecule has 0 radical (unpaired) electrons. The predicted molar refractivity (Wildman–Crippen MR) is 70.8 cm³/mol. The van der Waals surface area contributed by atoms with Crippen LogP contribution in [-0.4, -0.2) is 25.5 Å². The third-order valence-corrected chi connectivity index (χ3v) is 2.93. The molecule has 0 fully saturated rings. The van der Waals surface area contributed by atoms with Gasteiger partial charge in [0.05, 0.1) is 7.11 Å². The topological polar surface area (TPSA) is 47.6 Å². The highest BCUT2D eigenvalue weighted by molar-refractivity contribution is 5.77. The Balaban J connectivity index is 3.02. The van der Waals surface area contributed by atoms with E-state index in [4.69, 9.17) is 0 Å². The molecule has 0 aliphatic heterocycles. The fourth-order valence-electron chi connectivity index (χ4n) is 1.71. The summed E-state index contributed by atoms with van der Waals surface area (Å²) in [4.78, 5) is 11.8. The van der Waals surface area contributed by atoms with Gasteiger partial charge in [-0.2, -0.15) is 0 Å². The maximum Gasteiger partial charge on any atom is 0.573 e. The molecule has 1 aromatic rings. The van der Waals surface area contributed by atoms with Gasteiger partial charge in [0.25, 0.3) is 0 Å². The molecule has 0 saturated heterocycles. The zero-order chi connectivity index (χ0) is 16.0. The molecule has 7 heteroatoms. The van der Waals surface area contributed by atoms with Crippen molar-refractivity contribution in [1.82, 2.24) is 5.32 Å². The van der Waals surface area contributed by atoms with E-state index in [1.54, 1.807) is 6.07 Å². The molecule has 1 rings (SSSR count). The summed E-state index contributed by atoms with van der Waals surface area (Å²) >= 11 is 0. The van der Waals surface area contributed by atoms with Crippen molar-refractivity contribution in [3.8, 4) is 5.75 Å². The maximum absolute atomic E-state index is 12.2. The molecule has 4 nitrogen and oxygen atoms in total. The Bertz CT molecular complexity index is 477. The van der Waals surface area contributed by atoms with Gasteiger partial charge in [-0.3, -0.25) is 5.32 Å². The van der Waals surface area contributed by atoms with Gasteiger partial charge in [0.1, 0.15) is 11.8 Å². The zero-order valence-electron chi connectivity index (χ0n) is 12.0. The van der Waals surface area contributed by atoms with Crippen LogP contribution in [0.15, 0.2) is 24.3 Å². The average molecular weight is 305 g/mol. The van der Waals surface area contributed by atoms with Crippen LogP contribution in [0.2, 0.25) is 0 Å². The van der Waals surface area contributed by atoms with Crippen LogP contribution in [0.25, 0.3) is 0 Å². The molecule has 0 spiro atoms. The minimum Gasteiger partial charge on any atom is -0.468 e. The van der Waals surface area contributed by atoms with E-state index in [1.165, 1.54) is 25.3 Å². The van der Waals surface area contributed by atoms with E-state index >= 15 is 0 Å². The number of hydrogen-bond donors (Lipinski definition) is 1. The zero-order valence-corrected chi connectivity index (χ0v) is 12.0. The van der Waals surface area contributed by atoms with Crippen LogP contribution in [-0.2, 0) is 9.53 Å². The number of rotatable bonds is 6. The standard InChI is InChI=1S/C14H18F3NO3/c1-4-9(2)18-12(13(19)20-3)10-6-5-7-11(8-10)21-14(15,16)17/h5-9,12,18H,4H2,1-3H3. The maximum atomic E-state index is 12.2. The molecular formula is C14H18F3NO3. The normalized spacial score (nSPS) is 14.4. The van der Waals surface area contributed by atoms with Crippen LogP contribution < -0.4 is 10.1 Å². The van der Waals surface area contributed by atoms with E-state index in [1.807, 2.05) is 13.8 Å². The van der Waals surface area contributed by atoms with E-state index in [9.17, 15) is 18.0 Å². The second-order valence-corrected chi connectivity index (χ2v) is 4.55. The van der Waals surface area contributed by atoms with Crippen molar-refractivity contribution >= 4 is 5.97 Å². The number of carbonyl (C=O) groups excluding carboxylic acids is 1. The van der Waals surface area contributed by atoms with Gasteiger partial charge in [-0.15, -0.1) is 13.2 Å². The first kappa shape index (κ1) is 17.3. The van der Waals surface area contributed by atoms with Gasteiger partial charge in [0, 0.05) is 6.04 Å². The summed E-state index contributed by atoms with van der Waals surface area (Å²) in [5.74, 6) is -0.945. The van der Waals surface area contributed by atoms with Crippen LogP contribution in [0.5, 0.6) is 5.75 Å². The molecule has 2 unspecified atom stereocenters. The predicted octanol–water partition coefficient (Wildman–Crippen LogP) is 3.19. The quantitative estimate of drug-likeness (QED) is 0.820. The van der Waals surface area contributed by atoms with Crippen molar-refractivity contribution in [3.63, 3.8) is 0 Å². The van der Waals surface area contributed by atoms with Gasteiger partial charge in [-0.1, -0.05) is 19.1 Å². The van der Waals surface area contributed by atoms with Crippen molar-refractivity contribution in [2.45, 2.75) is 38.7 Å². The number of halogens is 3. The van der Waals surface area contributed by atoms with E-state index in [0.29, 0.717) is 5.56 Å². The molecule has 0 aromatic heterocycles. The van der Waals surface area contributed by atoms with Crippen LogP contribution in [0.3, 0.4) is 0 Å². The van der Waals surface area contributed by atoms with E-state index < -0.39 is 18.4 Å². The van der Waals surface area contributed by atoms with Crippen molar-refractivity contribution < 1.29 is 27.4 Å². The molecule has 0 bridgehead atoms. The average Bonchev–Trinajstić information content (AvgIpc) is 2.42. The summed E-state index contributed by atoms with van der Waals surface area (Å²) in [6, 6.07) is 4.44. The molecular weight excluding hydrogens is 287 g/mol. The summed E-state index contributed by atoms with van der Waals surface area (Å²) in [5, 5.41) is 3.01. The van der Waals surface area contributed by atoms with Crippen LogP contribution >= 0.6 is 0 Å². The lowest BCUT2D eigenvalue weighted by molar-refractivity contribution is -0.274. The van der Waals surface area contributed by atoms with Crippen LogP contribution in [0.4, 0.5) is 13.2 Å². The lowest BCUT2D eigenvalue weighted by atomic mass is 10.1. The number of nitrogens with one attached hydrogen (secondary N) is 1. The monoisotopic (exact) mass is 305 g/mol. The molecule has 0 saturated carbocycles. The number of alkyl halides is 3. The number of benzene rings is 1. The fraction of sp³-hybridized carbons (Fsp3) is 0.500. The Morgan fingerprint density at radius 3 is 2.57 bits per heavy atom. The molecule has 0 aliphatic rings. The molecule has 0 aliphatic carbocycles. The summed E-state index contributed by atoms with van der Waals surface area (Å²) in [5.41, 5.74) is 0.351. The summed E-state index contributed by atoms with van der Waals surface area (Å²) in [6.07, 6.45) is -4.02. The van der Waals surface area contributed by atoms with Crippen molar-refractivity contribution in [2.24, 2.45) is 0 Å². The minimum absolute atomic E-state index is 0.00120. The largest absolute Gasteiger partial charge is 0.573 e. The Morgan fingerprint density at radius 1 is 1.38 bits per heavy atom. The third-order valence-electron chi connectivity index (χ3n) is 2.93. The van der Waals surface area contributed by atoms with Gasteiger partial charge in [-0.05, 0) is 31.0 Å². The minimum atomic E-state index is -4.77. The molecule has 0 amide bonds. The lowest BCUT2D eigenvalue weighted by Gasteiger charge is -2.21. The molecule has 0 heterocycles. The summed E-state index contributed by atoms with van der Waals surface area (Å²) in [6.45, 7) is 3.79. The molecule has 118 valence electrons. The van der Waals surface area contributed by atoms with E-state index in [-0.39, 0.29) is 11.8 Å². The molecule has 21 heavy (non-hydrogen) atoms. The van der Waals surface area contributed by atoms with Gasteiger partial charge in [0.15, 0.2) is 0 Å². The second kappa shape index (κ2) is 7.31. The first-order valence-electron chi connectivity index (χ1n) is 6.46. The van der Waals surface area contributed by atoms with Crippen molar-refractivity contribution in [1.29, 1.82) is 0 Å². The Kier molecular flexibility index (Phi) is 6.02. The van der Waals surface area contributed by atoms with Crippen LogP contribution in [0.1, 0.15) is 31.9 Å². The highest BCUT2D eigenvalue weighted by Gasteiger charge is 2.31. The second-order valence-electron chi connectivity index (χ2n) is 4.55. The molecule has 1 aromatic carbocycles. The van der Waals surface area contributed by atoms with E-state index in [0.717, 1.165) is 6.42 Å². The lowest BCUT2D eigenvalue weighted by Crippen LogP contribution is -2.35. The first-order valence-corrected chi connectivity index (χ1v) is 6.46. The number of hydrogen-bond acceptors (Lipinski definition) is 4. The molecule has 2 atom stereocenters. The highest BCUT2D eigenvalue weighted by Crippen LogP contribution is 2.26. The van der Waals surface area contributed by atoms with Crippen molar-refractivity contribution in [2.75, 3.05) is 7.11 Å². The van der Waals surface area contributed by atoms with Crippen LogP contribution in [0, 0.1) is 0 Å². The fourth-order valence-corrected chi connectivity index (χ4v) is 1.71. The smallest absolute Gasteiger partial charge is 0.468 e. The molecule has 1 N–H and O–H groups in total. The SMILES string of the molecule is CCC(C)NC(C(=O)OC)c1cccc(OC(F)(F)F)c1. The highest BCUT2D eigenvalue weighted by atomic mass is 19.4. The first-order chi connectivity index (χ1) is 9.76. The number of methoxy groups -OCH3 is 1. The Labute approximate surface area is 121 Å². The summed E-state index contributed by atoms with van der Waals surface area (Å²) < 4.78 is 45.2. The van der Waals surface area contributed by atoms with Gasteiger partial charge >= 0.3 is 12.3 Å². The Hall–Kier alpha value is -1.76.